The molecule has 120 valence electrons. The van der Waals surface area contributed by atoms with Crippen molar-refractivity contribution in [3.8, 4) is 11.5 Å². The van der Waals surface area contributed by atoms with E-state index in [0.717, 1.165) is 31.2 Å². The molecule has 0 bridgehead atoms. The second-order valence-corrected chi connectivity index (χ2v) is 6.30. The van der Waals surface area contributed by atoms with Crippen molar-refractivity contribution < 1.29 is 14.0 Å². The summed E-state index contributed by atoms with van der Waals surface area (Å²) in [4.78, 5) is 4.40. The van der Waals surface area contributed by atoms with Gasteiger partial charge in [0.25, 0.3) is 5.89 Å². The summed E-state index contributed by atoms with van der Waals surface area (Å²) in [5, 5.41) is 4.54. The zero-order chi connectivity index (χ0) is 15.9. The summed E-state index contributed by atoms with van der Waals surface area (Å²) >= 11 is 6.16. The van der Waals surface area contributed by atoms with E-state index in [1.807, 2.05) is 12.1 Å². The first-order valence-corrected chi connectivity index (χ1v) is 7.92. The molecule has 2 aromatic rings. The molecule has 1 aromatic heterocycles. The summed E-state index contributed by atoms with van der Waals surface area (Å²) in [6, 6.07) is 3.65. The first-order chi connectivity index (χ1) is 11.1. The number of hydrogen-bond acceptors (Lipinski definition) is 6. The van der Waals surface area contributed by atoms with Crippen molar-refractivity contribution in [2.24, 2.45) is 5.73 Å². The molecule has 0 unspecified atom stereocenters. The Balaban J connectivity index is 1.55. The highest BCUT2D eigenvalue weighted by Crippen LogP contribution is 2.40. The second-order valence-electron chi connectivity index (χ2n) is 5.89. The fourth-order valence-corrected chi connectivity index (χ4v) is 3.26. The number of fused-ring (bicyclic) bond motifs is 1. The SMILES string of the molecule is NC1(c2noc(/C=C/c3cc(Cl)c4c(c3)OCO4)n2)CCCC1. The van der Waals surface area contributed by atoms with E-state index in [0.29, 0.717) is 28.2 Å². The van der Waals surface area contributed by atoms with Crippen LogP contribution in [0.4, 0.5) is 0 Å². The third-order valence-electron chi connectivity index (χ3n) is 4.25. The smallest absolute Gasteiger partial charge is 0.250 e. The fourth-order valence-electron chi connectivity index (χ4n) is 2.99. The number of halogens is 1. The molecule has 1 saturated carbocycles. The van der Waals surface area contributed by atoms with Gasteiger partial charge in [-0.3, -0.25) is 0 Å². The zero-order valence-corrected chi connectivity index (χ0v) is 13.2. The number of nitrogens with two attached hydrogens (primary N) is 1. The number of nitrogens with zero attached hydrogens (tertiary/aromatic N) is 2. The van der Waals surface area contributed by atoms with Crippen LogP contribution in [0, 0.1) is 0 Å². The minimum absolute atomic E-state index is 0.188. The Morgan fingerprint density at radius 3 is 2.83 bits per heavy atom. The van der Waals surface area contributed by atoms with Crippen molar-refractivity contribution in [1.29, 1.82) is 0 Å². The zero-order valence-electron chi connectivity index (χ0n) is 12.4. The molecule has 0 spiro atoms. The van der Waals surface area contributed by atoms with E-state index in [2.05, 4.69) is 10.1 Å². The Labute approximate surface area is 138 Å². The predicted octanol–water partition coefficient (Wildman–Crippen LogP) is 3.35. The highest BCUT2D eigenvalue weighted by atomic mass is 35.5. The molecule has 1 fully saturated rings. The lowest BCUT2D eigenvalue weighted by atomic mass is 9.99. The molecule has 0 saturated heterocycles. The van der Waals surface area contributed by atoms with Crippen LogP contribution in [-0.4, -0.2) is 16.9 Å². The maximum Gasteiger partial charge on any atom is 0.250 e. The van der Waals surface area contributed by atoms with Gasteiger partial charge in [-0.15, -0.1) is 0 Å². The third kappa shape index (κ3) is 2.68. The number of rotatable bonds is 3. The van der Waals surface area contributed by atoms with Crippen molar-refractivity contribution >= 4 is 23.8 Å². The first-order valence-electron chi connectivity index (χ1n) is 7.54. The van der Waals surface area contributed by atoms with Crippen LogP contribution in [0.25, 0.3) is 12.2 Å². The van der Waals surface area contributed by atoms with E-state index in [1.165, 1.54) is 0 Å². The van der Waals surface area contributed by atoms with Crippen molar-refractivity contribution in [1.82, 2.24) is 10.1 Å². The number of aromatic nitrogens is 2. The van der Waals surface area contributed by atoms with Crippen LogP contribution < -0.4 is 15.2 Å². The highest BCUT2D eigenvalue weighted by molar-refractivity contribution is 6.32. The van der Waals surface area contributed by atoms with Crippen molar-refractivity contribution in [3.63, 3.8) is 0 Å². The average molecular weight is 334 g/mol. The molecule has 23 heavy (non-hydrogen) atoms. The molecule has 4 rings (SSSR count). The summed E-state index contributed by atoms with van der Waals surface area (Å²) in [5.41, 5.74) is 6.74. The summed E-state index contributed by atoms with van der Waals surface area (Å²) in [7, 11) is 0. The van der Waals surface area contributed by atoms with E-state index >= 15 is 0 Å². The van der Waals surface area contributed by atoms with Gasteiger partial charge in [-0.2, -0.15) is 4.98 Å². The molecule has 1 aliphatic carbocycles. The fraction of sp³-hybridized carbons (Fsp3) is 0.375. The normalized spacial score (nSPS) is 18.9. The topological polar surface area (TPSA) is 83.4 Å². The molecule has 6 nitrogen and oxygen atoms in total. The van der Waals surface area contributed by atoms with Crippen LogP contribution in [0.15, 0.2) is 16.7 Å². The minimum Gasteiger partial charge on any atom is -0.454 e. The molecule has 2 aliphatic rings. The maximum absolute atomic E-state index is 6.33. The molecule has 2 heterocycles. The number of benzene rings is 1. The van der Waals surface area contributed by atoms with Gasteiger partial charge in [0, 0.05) is 6.08 Å². The summed E-state index contributed by atoms with van der Waals surface area (Å²) < 4.78 is 15.9. The number of ether oxygens (including phenoxy) is 2. The standard InChI is InChI=1S/C16H16ClN3O3/c17-11-7-10(8-12-14(11)22-9-21-12)3-4-13-19-15(20-23-13)16(18)5-1-2-6-16/h3-4,7-8H,1-2,5-6,9,18H2/b4-3+. The molecule has 0 radical (unpaired) electrons. The van der Waals surface area contributed by atoms with E-state index in [4.69, 9.17) is 31.3 Å². The van der Waals surface area contributed by atoms with Gasteiger partial charge >= 0.3 is 0 Å². The Hall–Kier alpha value is -2.05. The largest absolute Gasteiger partial charge is 0.454 e. The average Bonchev–Trinajstić information content (AvgIpc) is 3.25. The van der Waals surface area contributed by atoms with Crippen LogP contribution in [-0.2, 0) is 5.54 Å². The molecule has 1 aliphatic heterocycles. The van der Waals surface area contributed by atoms with E-state index in [9.17, 15) is 0 Å². The molecule has 7 heteroatoms. The van der Waals surface area contributed by atoms with Gasteiger partial charge in [0.15, 0.2) is 17.3 Å². The quantitative estimate of drug-likeness (QED) is 0.927. The summed E-state index contributed by atoms with van der Waals surface area (Å²) in [6.45, 7) is 0.188. The van der Waals surface area contributed by atoms with Gasteiger partial charge in [-0.1, -0.05) is 29.6 Å². The predicted molar refractivity (Wildman–Crippen MR) is 85.1 cm³/mol. The maximum atomic E-state index is 6.33. The number of hydrogen-bond donors (Lipinski definition) is 1. The molecule has 0 amide bonds. The van der Waals surface area contributed by atoms with Gasteiger partial charge in [0.05, 0.1) is 10.6 Å². The van der Waals surface area contributed by atoms with Gasteiger partial charge in [-0.25, -0.2) is 0 Å². The van der Waals surface area contributed by atoms with Gasteiger partial charge < -0.3 is 19.7 Å². The molecule has 0 atom stereocenters. The van der Waals surface area contributed by atoms with Crippen molar-refractivity contribution in [2.75, 3.05) is 6.79 Å². The van der Waals surface area contributed by atoms with Crippen LogP contribution in [0.1, 0.15) is 43.0 Å². The Morgan fingerprint density at radius 2 is 2.00 bits per heavy atom. The van der Waals surface area contributed by atoms with E-state index < -0.39 is 5.54 Å². The lowest BCUT2D eigenvalue weighted by Crippen LogP contribution is -2.34. The third-order valence-corrected chi connectivity index (χ3v) is 4.53. The van der Waals surface area contributed by atoms with Crippen molar-refractivity contribution in [3.05, 3.63) is 34.4 Å². The Bertz CT molecular complexity index is 766. The van der Waals surface area contributed by atoms with Gasteiger partial charge in [0.1, 0.15) is 0 Å². The highest BCUT2D eigenvalue weighted by Gasteiger charge is 2.35. The van der Waals surface area contributed by atoms with Crippen LogP contribution in [0.3, 0.4) is 0 Å². The van der Waals surface area contributed by atoms with Gasteiger partial charge in [0.2, 0.25) is 6.79 Å². The minimum atomic E-state index is -0.447. The Kier molecular flexibility index (Phi) is 3.50. The first kappa shape index (κ1) is 14.5. The molecule has 2 N–H and O–H groups in total. The summed E-state index contributed by atoms with van der Waals surface area (Å²) in [6.07, 6.45) is 7.57. The van der Waals surface area contributed by atoms with Crippen molar-refractivity contribution in [2.45, 2.75) is 31.2 Å². The molecule has 1 aromatic carbocycles. The van der Waals surface area contributed by atoms with Crippen LogP contribution >= 0.6 is 11.6 Å². The van der Waals surface area contributed by atoms with Crippen LogP contribution in [0.2, 0.25) is 5.02 Å². The Morgan fingerprint density at radius 1 is 1.17 bits per heavy atom. The van der Waals surface area contributed by atoms with E-state index in [1.54, 1.807) is 12.1 Å². The molecular weight excluding hydrogens is 318 g/mol. The van der Waals surface area contributed by atoms with Crippen LogP contribution in [0.5, 0.6) is 11.5 Å². The molecular formula is C16H16ClN3O3. The summed E-state index contributed by atoms with van der Waals surface area (Å²) in [5.74, 6) is 2.22. The van der Waals surface area contributed by atoms with Gasteiger partial charge in [-0.05, 0) is 36.6 Å². The monoisotopic (exact) mass is 333 g/mol. The lowest BCUT2D eigenvalue weighted by molar-refractivity contribution is 0.174. The second kappa shape index (κ2) is 5.54. The van der Waals surface area contributed by atoms with E-state index in [-0.39, 0.29) is 6.79 Å². The lowest BCUT2D eigenvalue weighted by Gasteiger charge is -2.17.